The first-order valence-corrected chi connectivity index (χ1v) is 10.0. The molecule has 0 radical (unpaired) electrons. The fourth-order valence-electron chi connectivity index (χ4n) is 3.59. The molecule has 1 saturated carbocycles. The zero-order valence-corrected chi connectivity index (χ0v) is 17.9. The Kier molecular flexibility index (Phi) is 8.80. The molecule has 6 heteroatoms. The van der Waals surface area contributed by atoms with Crippen LogP contribution in [0, 0.1) is 5.92 Å². The normalized spacial score (nSPS) is 15.8. The fourth-order valence-corrected chi connectivity index (χ4v) is 3.59. The summed E-state index contributed by atoms with van der Waals surface area (Å²) in [5.74, 6) is 1.08. The van der Waals surface area contributed by atoms with Gasteiger partial charge < -0.3 is 20.5 Å². The van der Waals surface area contributed by atoms with Crippen LogP contribution in [0.25, 0.3) is 0 Å². The molecule has 2 atom stereocenters. The average Bonchev–Trinajstić information content (AvgIpc) is 3.24. The van der Waals surface area contributed by atoms with E-state index < -0.39 is 0 Å². The molecule has 0 aromatic heterocycles. The second-order valence-electron chi connectivity index (χ2n) is 7.45. The number of nitrogens with one attached hydrogen (secondary N) is 1. The van der Waals surface area contributed by atoms with Crippen molar-refractivity contribution in [2.45, 2.75) is 51.3 Å². The van der Waals surface area contributed by atoms with Crippen LogP contribution in [-0.2, 0) is 11.3 Å². The Bertz CT molecular complexity index is 779. The van der Waals surface area contributed by atoms with Crippen LogP contribution in [0.5, 0.6) is 11.5 Å². The largest absolute Gasteiger partial charge is 0.493 e. The summed E-state index contributed by atoms with van der Waals surface area (Å²) in [4.78, 5) is 12.6. The van der Waals surface area contributed by atoms with E-state index >= 15 is 0 Å². The Morgan fingerprint density at radius 2 is 1.83 bits per heavy atom. The SMILES string of the molecule is COc1ccc(CNC(=O)C(C)C(N)c2ccccc2)cc1OC1CCCC1.Cl. The maximum absolute atomic E-state index is 12.6. The fraction of sp³-hybridized carbons (Fsp3) is 0.435. The van der Waals surface area contributed by atoms with Crippen LogP contribution in [0.15, 0.2) is 48.5 Å². The Morgan fingerprint density at radius 1 is 1.14 bits per heavy atom. The quantitative estimate of drug-likeness (QED) is 0.666. The maximum atomic E-state index is 12.6. The van der Waals surface area contributed by atoms with Crippen molar-refractivity contribution in [3.8, 4) is 11.5 Å². The lowest BCUT2D eigenvalue weighted by atomic mass is 9.94. The van der Waals surface area contributed by atoms with E-state index in [2.05, 4.69) is 5.32 Å². The van der Waals surface area contributed by atoms with Crippen LogP contribution < -0.4 is 20.5 Å². The molecule has 0 heterocycles. The first-order chi connectivity index (χ1) is 13.6. The second-order valence-corrected chi connectivity index (χ2v) is 7.45. The van der Waals surface area contributed by atoms with Gasteiger partial charge in [-0.3, -0.25) is 4.79 Å². The number of nitrogens with two attached hydrogens (primary N) is 1. The van der Waals surface area contributed by atoms with Crippen molar-refractivity contribution in [2.24, 2.45) is 11.7 Å². The Labute approximate surface area is 179 Å². The molecule has 1 aliphatic rings. The van der Waals surface area contributed by atoms with Crippen LogP contribution in [-0.4, -0.2) is 19.1 Å². The van der Waals surface area contributed by atoms with Crippen molar-refractivity contribution < 1.29 is 14.3 Å². The number of ether oxygens (including phenoxy) is 2. The highest BCUT2D eigenvalue weighted by Crippen LogP contribution is 2.32. The Balaban J connectivity index is 0.00000300. The van der Waals surface area contributed by atoms with Gasteiger partial charge in [0.1, 0.15) is 0 Å². The smallest absolute Gasteiger partial charge is 0.225 e. The molecule has 2 aromatic carbocycles. The lowest BCUT2D eigenvalue weighted by molar-refractivity contribution is -0.125. The predicted octanol–water partition coefficient (Wildman–Crippen LogP) is 4.39. The van der Waals surface area contributed by atoms with Gasteiger partial charge in [-0.25, -0.2) is 0 Å². The summed E-state index contributed by atoms with van der Waals surface area (Å²) in [6, 6.07) is 15.2. The van der Waals surface area contributed by atoms with Gasteiger partial charge in [-0.05, 0) is 48.9 Å². The number of methoxy groups -OCH3 is 1. The van der Waals surface area contributed by atoms with Crippen molar-refractivity contribution in [1.82, 2.24) is 5.32 Å². The first kappa shape index (κ1) is 23.0. The molecule has 1 amide bonds. The molecule has 2 aromatic rings. The van der Waals surface area contributed by atoms with Gasteiger partial charge in [0.25, 0.3) is 0 Å². The lowest BCUT2D eigenvalue weighted by Crippen LogP contribution is -2.35. The summed E-state index contributed by atoms with van der Waals surface area (Å²) in [5, 5.41) is 2.99. The average molecular weight is 419 g/mol. The van der Waals surface area contributed by atoms with Crippen LogP contribution >= 0.6 is 12.4 Å². The minimum Gasteiger partial charge on any atom is -0.493 e. The van der Waals surface area contributed by atoms with Gasteiger partial charge in [-0.1, -0.05) is 43.3 Å². The standard InChI is InChI=1S/C23H30N2O3.ClH/c1-16(22(24)18-8-4-3-5-9-18)23(26)25-15-17-12-13-20(27-2)21(14-17)28-19-10-6-7-11-19;/h3-5,8-9,12-14,16,19,22H,6-7,10-11,15,24H2,1-2H3,(H,25,26);1H. The number of hydrogen-bond acceptors (Lipinski definition) is 4. The Morgan fingerprint density at radius 3 is 2.48 bits per heavy atom. The van der Waals surface area contributed by atoms with Gasteiger partial charge in [0, 0.05) is 12.6 Å². The second kappa shape index (κ2) is 11.1. The molecule has 2 unspecified atom stereocenters. The molecule has 0 saturated heterocycles. The Hall–Kier alpha value is -2.24. The van der Waals surface area contributed by atoms with Crippen LogP contribution in [0.1, 0.15) is 49.8 Å². The monoisotopic (exact) mass is 418 g/mol. The molecule has 0 aliphatic heterocycles. The highest BCUT2D eigenvalue weighted by molar-refractivity contribution is 5.85. The van der Waals surface area contributed by atoms with Crippen LogP contribution in [0.3, 0.4) is 0 Å². The van der Waals surface area contributed by atoms with Gasteiger partial charge in [-0.15, -0.1) is 12.4 Å². The van der Waals surface area contributed by atoms with Crippen molar-refractivity contribution in [1.29, 1.82) is 0 Å². The molecule has 158 valence electrons. The molecule has 1 fully saturated rings. The number of rotatable bonds is 8. The summed E-state index contributed by atoms with van der Waals surface area (Å²) in [5.41, 5.74) is 8.20. The lowest BCUT2D eigenvalue weighted by Gasteiger charge is -2.20. The molecular formula is C23H31ClN2O3. The van der Waals surface area contributed by atoms with Crippen molar-refractivity contribution in [2.75, 3.05) is 7.11 Å². The minimum atomic E-state index is -0.335. The maximum Gasteiger partial charge on any atom is 0.225 e. The van der Waals surface area contributed by atoms with Gasteiger partial charge in [0.15, 0.2) is 11.5 Å². The highest BCUT2D eigenvalue weighted by atomic mass is 35.5. The number of amides is 1. The summed E-state index contributed by atoms with van der Waals surface area (Å²) in [6.45, 7) is 2.28. The number of hydrogen-bond donors (Lipinski definition) is 2. The van der Waals surface area contributed by atoms with Crippen LogP contribution in [0.4, 0.5) is 0 Å². The van der Waals surface area contributed by atoms with Gasteiger partial charge >= 0.3 is 0 Å². The van der Waals surface area contributed by atoms with E-state index in [0.717, 1.165) is 35.5 Å². The third kappa shape index (κ3) is 6.12. The zero-order chi connectivity index (χ0) is 19.9. The van der Waals surface area contributed by atoms with Crippen molar-refractivity contribution in [3.63, 3.8) is 0 Å². The van der Waals surface area contributed by atoms with E-state index in [1.54, 1.807) is 7.11 Å². The van der Waals surface area contributed by atoms with Crippen LogP contribution in [0.2, 0.25) is 0 Å². The summed E-state index contributed by atoms with van der Waals surface area (Å²) in [6.07, 6.45) is 4.84. The summed E-state index contributed by atoms with van der Waals surface area (Å²) in [7, 11) is 1.64. The van der Waals surface area contributed by atoms with Crippen molar-refractivity contribution >= 4 is 18.3 Å². The number of halogens is 1. The van der Waals surface area contributed by atoms with Gasteiger partial charge in [-0.2, -0.15) is 0 Å². The van der Waals surface area contributed by atoms with Gasteiger partial charge in [0.05, 0.1) is 19.1 Å². The summed E-state index contributed by atoms with van der Waals surface area (Å²) >= 11 is 0. The first-order valence-electron chi connectivity index (χ1n) is 10.0. The van der Waals surface area contributed by atoms with E-state index in [4.69, 9.17) is 15.2 Å². The van der Waals surface area contributed by atoms with Crippen molar-refractivity contribution in [3.05, 3.63) is 59.7 Å². The summed E-state index contributed by atoms with van der Waals surface area (Å²) < 4.78 is 11.6. The molecule has 3 N–H and O–H groups in total. The molecule has 5 nitrogen and oxygen atoms in total. The zero-order valence-electron chi connectivity index (χ0n) is 17.1. The molecule has 29 heavy (non-hydrogen) atoms. The molecular weight excluding hydrogens is 388 g/mol. The van der Waals surface area contributed by atoms with E-state index in [-0.39, 0.29) is 36.4 Å². The number of carbonyl (C=O) groups is 1. The number of benzene rings is 2. The topological polar surface area (TPSA) is 73.6 Å². The minimum absolute atomic E-state index is 0. The third-order valence-corrected chi connectivity index (χ3v) is 5.43. The third-order valence-electron chi connectivity index (χ3n) is 5.43. The van der Waals surface area contributed by atoms with E-state index in [1.165, 1.54) is 12.8 Å². The van der Waals surface area contributed by atoms with Gasteiger partial charge in [0.2, 0.25) is 5.91 Å². The highest BCUT2D eigenvalue weighted by Gasteiger charge is 2.22. The number of carbonyl (C=O) groups excluding carboxylic acids is 1. The van der Waals surface area contributed by atoms with E-state index in [0.29, 0.717) is 6.54 Å². The van der Waals surface area contributed by atoms with E-state index in [9.17, 15) is 4.79 Å². The predicted molar refractivity (Wildman–Crippen MR) is 118 cm³/mol. The molecule has 0 spiro atoms. The van der Waals surface area contributed by atoms with E-state index in [1.807, 2.05) is 55.5 Å². The molecule has 3 rings (SSSR count). The molecule has 1 aliphatic carbocycles. The molecule has 0 bridgehead atoms.